The second kappa shape index (κ2) is 7.19. The highest BCUT2D eigenvalue weighted by atomic mass is 16.5. The van der Waals surface area contributed by atoms with E-state index in [-0.39, 0.29) is 5.91 Å². The summed E-state index contributed by atoms with van der Waals surface area (Å²) in [5, 5.41) is 2.89. The fraction of sp³-hybridized carbons (Fsp3) is 0.353. The summed E-state index contributed by atoms with van der Waals surface area (Å²) in [5.41, 5.74) is 2.58. The molecule has 1 amide bonds. The second-order valence-corrected chi connectivity index (χ2v) is 5.50. The van der Waals surface area contributed by atoms with Crippen LogP contribution in [0, 0.1) is 6.92 Å². The topological polar surface area (TPSA) is 67.4 Å². The van der Waals surface area contributed by atoms with Gasteiger partial charge in [-0.15, -0.1) is 0 Å². The zero-order valence-electron chi connectivity index (χ0n) is 13.2. The van der Waals surface area contributed by atoms with Gasteiger partial charge in [-0.05, 0) is 25.1 Å². The van der Waals surface area contributed by atoms with Crippen molar-refractivity contribution in [2.45, 2.75) is 13.5 Å². The number of nitrogens with one attached hydrogen (secondary N) is 1. The average Bonchev–Trinajstić information content (AvgIpc) is 2.61. The third-order valence-electron chi connectivity index (χ3n) is 3.74. The summed E-state index contributed by atoms with van der Waals surface area (Å²) in [6.45, 7) is 5.34. The van der Waals surface area contributed by atoms with Crippen LogP contribution in [0.3, 0.4) is 0 Å². The molecule has 3 rings (SSSR count). The largest absolute Gasteiger partial charge is 0.378 e. The summed E-state index contributed by atoms with van der Waals surface area (Å²) in [7, 11) is 0. The lowest BCUT2D eigenvalue weighted by molar-refractivity contribution is 0.0950. The van der Waals surface area contributed by atoms with E-state index in [1.54, 1.807) is 6.20 Å². The normalized spacial score (nSPS) is 14.6. The SMILES string of the molecule is Cc1ccc(C(=O)NCc2ccnc(N3CCOCC3)n2)cc1. The Labute approximate surface area is 135 Å². The van der Waals surface area contributed by atoms with E-state index in [4.69, 9.17) is 4.74 Å². The van der Waals surface area contributed by atoms with Crippen molar-refractivity contribution in [3.05, 3.63) is 53.3 Å². The van der Waals surface area contributed by atoms with Crippen LogP contribution in [0.1, 0.15) is 21.6 Å². The molecule has 0 bridgehead atoms. The number of aryl methyl sites for hydroxylation is 1. The Hall–Kier alpha value is -2.47. The molecular formula is C17H20N4O2. The quantitative estimate of drug-likeness (QED) is 0.928. The molecule has 120 valence electrons. The van der Waals surface area contributed by atoms with Crippen molar-refractivity contribution >= 4 is 11.9 Å². The molecule has 0 spiro atoms. The lowest BCUT2D eigenvalue weighted by Gasteiger charge is -2.26. The highest BCUT2D eigenvalue weighted by molar-refractivity contribution is 5.94. The van der Waals surface area contributed by atoms with E-state index in [1.807, 2.05) is 37.3 Å². The van der Waals surface area contributed by atoms with E-state index >= 15 is 0 Å². The van der Waals surface area contributed by atoms with Gasteiger partial charge in [0.05, 0.1) is 25.5 Å². The lowest BCUT2D eigenvalue weighted by atomic mass is 10.1. The highest BCUT2D eigenvalue weighted by Crippen LogP contribution is 2.10. The maximum absolute atomic E-state index is 12.1. The molecule has 1 fully saturated rings. The third-order valence-corrected chi connectivity index (χ3v) is 3.74. The van der Waals surface area contributed by atoms with Crippen LogP contribution < -0.4 is 10.2 Å². The van der Waals surface area contributed by atoms with Crippen LogP contribution in [0.4, 0.5) is 5.95 Å². The number of nitrogens with zero attached hydrogens (tertiary/aromatic N) is 3. The van der Waals surface area contributed by atoms with Crippen LogP contribution in [0.5, 0.6) is 0 Å². The molecule has 0 atom stereocenters. The molecule has 1 aliphatic rings. The number of benzene rings is 1. The van der Waals surface area contributed by atoms with Crippen molar-refractivity contribution in [1.29, 1.82) is 0 Å². The Morgan fingerprint density at radius 1 is 1.22 bits per heavy atom. The van der Waals surface area contributed by atoms with Crippen LogP contribution in [0.25, 0.3) is 0 Å². The van der Waals surface area contributed by atoms with E-state index < -0.39 is 0 Å². The molecule has 0 aliphatic carbocycles. The van der Waals surface area contributed by atoms with Crippen molar-refractivity contribution in [3.8, 4) is 0 Å². The van der Waals surface area contributed by atoms with Gasteiger partial charge in [0.1, 0.15) is 0 Å². The second-order valence-electron chi connectivity index (χ2n) is 5.50. The third kappa shape index (κ3) is 4.04. The van der Waals surface area contributed by atoms with Crippen LogP contribution in [-0.4, -0.2) is 42.2 Å². The maximum atomic E-state index is 12.1. The molecule has 1 N–H and O–H groups in total. The van der Waals surface area contributed by atoms with E-state index in [0.29, 0.717) is 31.3 Å². The minimum atomic E-state index is -0.100. The number of amides is 1. The number of rotatable bonds is 4. The number of carbonyl (C=O) groups excluding carboxylic acids is 1. The van der Waals surface area contributed by atoms with Crippen LogP contribution in [0.2, 0.25) is 0 Å². The molecule has 1 aromatic heterocycles. The molecule has 2 aromatic rings. The molecule has 0 unspecified atom stereocenters. The van der Waals surface area contributed by atoms with Gasteiger partial charge in [-0.3, -0.25) is 4.79 Å². The minimum Gasteiger partial charge on any atom is -0.378 e. The van der Waals surface area contributed by atoms with E-state index in [1.165, 1.54) is 0 Å². The van der Waals surface area contributed by atoms with Gasteiger partial charge in [-0.2, -0.15) is 0 Å². The Balaban J connectivity index is 1.61. The Kier molecular flexibility index (Phi) is 4.83. The number of anilines is 1. The monoisotopic (exact) mass is 312 g/mol. The molecular weight excluding hydrogens is 292 g/mol. The Morgan fingerprint density at radius 2 is 1.96 bits per heavy atom. The zero-order chi connectivity index (χ0) is 16.1. The smallest absolute Gasteiger partial charge is 0.251 e. The number of carbonyl (C=O) groups is 1. The van der Waals surface area contributed by atoms with E-state index in [2.05, 4.69) is 20.2 Å². The molecule has 1 aromatic carbocycles. The molecule has 2 heterocycles. The van der Waals surface area contributed by atoms with E-state index in [9.17, 15) is 4.79 Å². The van der Waals surface area contributed by atoms with Crippen LogP contribution in [0.15, 0.2) is 36.5 Å². The van der Waals surface area contributed by atoms with Crippen molar-refractivity contribution < 1.29 is 9.53 Å². The Morgan fingerprint density at radius 3 is 2.70 bits per heavy atom. The van der Waals surface area contributed by atoms with Gasteiger partial charge in [0, 0.05) is 24.8 Å². The molecule has 0 saturated carbocycles. The molecule has 23 heavy (non-hydrogen) atoms. The summed E-state index contributed by atoms with van der Waals surface area (Å²) >= 11 is 0. The minimum absolute atomic E-state index is 0.100. The summed E-state index contributed by atoms with van der Waals surface area (Å²) in [4.78, 5) is 23.1. The summed E-state index contributed by atoms with van der Waals surface area (Å²) in [5.74, 6) is 0.590. The lowest BCUT2D eigenvalue weighted by Crippen LogP contribution is -2.37. The highest BCUT2D eigenvalue weighted by Gasteiger charge is 2.14. The zero-order valence-corrected chi connectivity index (χ0v) is 13.2. The number of aromatic nitrogens is 2. The predicted octanol–water partition coefficient (Wildman–Crippen LogP) is 1.55. The van der Waals surface area contributed by atoms with Gasteiger partial charge < -0.3 is 15.0 Å². The summed E-state index contributed by atoms with van der Waals surface area (Å²) in [6.07, 6.45) is 1.73. The summed E-state index contributed by atoms with van der Waals surface area (Å²) in [6, 6.07) is 9.32. The molecule has 1 saturated heterocycles. The fourth-order valence-corrected chi connectivity index (χ4v) is 2.38. The Bertz CT molecular complexity index is 667. The first-order chi connectivity index (χ1) is 11.2. The summed E-state index contributed by atoms with van der Waals surface area (Å²) < 4.78 is 5.33. The maximum Gasteiger partial charge on any atom is 0.251 e. The molecule has 1 aliphatic heterocycles. The number of morpholine rings is 1. The molecule has 0 radical (unpaired) electrons. The van der Waals surface area contributed by atoms with Gasteiger partial charge in [0.25, 0.3) is 5.91 Å². The van der Waals surface area contributed by atoms with Gasteiger partial charge in [0.15, 0.2) is 0 Å². The van der Waals surface area contributed by atoms with Crippen LogP contribution >= 0.6 is 0 Å². The van der Waals surface area contributed by atoms with Crippen molar-refractivity contribution in [3.63, 3.8) is 0 Å². The van der Waals surface area contributed by atoms with Crippen molar-refractivity contribution in [2.24, 2.45) is 0 Å². The van der Waals surface area contributed by atoms with Gasteiger partial charge in [-0.25, -0.2) is 9.97 Å². The number of hydrogen-bond acceptors (Lipinski definition) is 5. The van der Waals surface area contributed by atoms with Crippen LogP contribution in [-0.2, 0) is 11.3 Å². The van der Waals surface area contributed by atoms with Gasteiger partial charge >= 0.3 is 0 Å². The first kappa shape index (κ1) is 15.4. The first-order valence-electron chi connectivity index (χ1n) is 7.72. The van der Waals surface area contributed by atoms with E-state index in [0.717, 1.165) is 24.3 Å². The van der Waals surface area contributed by atoms with Crippen molar-refractivity contribution in [1.82, 2.24) is 15.3 Å². The first-order valence-corrected chi connectivity index (χ1v) is 7.72. The van der Waals surface area contributed by atoms with Gasteiger partial charge in [0.2, 0.25) is 5.95 Å². The van der Waals surface area contributed by atoms with Gasteiger partial charge in [-0.1, -0.05) is 17.7 Å². The standard InChI is InChI=1S/C17H20N4O2/c1-13-2-4-14(5-3-13)16(22)19-12-15-6-7-18-17(20-15)21-8-10-23-11-9-21/h2-7H,8-12H2,1H3,(H,19,22). The predicted molar refractivity (Wildman–Crippen MR) is 87.4 cm³/mol. The fourth-order valence-electron chi connectivity index (χ4n) is 2.38. The van der Waals surface area contributed by atoms with Crippen molar-refractivity contribution in [2.75, 3.05) is 31.2 Å². The number of ether oxygens (including phenoxy) is 1. The average molecular weight is 312 g/mol. The molecule has 6 nitrogen and oxygen atoms in total. The number of hydrogen-bond donors (Lipinski definition) is 1. The molecule has 6 heteroatoms.